The Morgan fingerprint density at radius 2 is 2.11 bits per heavy atom. The normalized spacial score (nSPS) is 25.2. The molecule has 0 aromatic carbocycles. The number of phosphoric acid groups is 1. The van der Waals surface area contributed by atoms with Crippen LogP contribution in [0.5, 0.6) is 0 Å². The predicted octanol–water partition coefficient (Wildman–Crippen LogP) is 0.524. The molecule has 1 unspecified atom stereocenters. The molecule has 15 heteroatoms. The van der Waals surface area contributed by atoms with Crippen molar-refractivity contribution in [2.75, 3.05) is 6.61 Å². The lowest BCUT2D eigenvalue weighted by Crippen LogP contribution is -2.33. The Balaban J connectivity index is 2.02. The van der Waals surface area contributed by atoms with Gasteiger partial charge >= 0.3 is 19.5 Å². The van der Waals surface area contributed by atoms with E-state index in [1.165, 1.54) is 13.1 Å². The molecule has 3 N–H and O–H groups in total. The zero-order chi connectivity index (χ0) is 20.6. The molecule has 1 aromatic heterocycles. The molecule has 0 spiro atoms. The number of aliphatic hydroxyl groups is 1. The highest BCUT2D eigenvalue weighted by atomic mass is 35.6. The standard InChI is InChI=1S/C12H14Cl3N2O9P/c1-5-3-17(11(21)16-9(5)19)8-2-6(18)7(25-8)4-24-27(22,23)26-10(20)12(13,14)15/h3,6-8,18H,2,4H2,1H3,(H,22,23)(H,16,19,21)/t6-,7+,8+/m0/s1. The number of aliphatic hydroxyl groups excluding tert-OH is 1. The number of phosphoric ester groups is 1. The number of ether oxygens (including phenoxy) is 1. The summed E-state index contributed by atoms with van der Waals surface area (Å²) in [6, 6.07) is 0. The lowest BCUT2D eigenvalue weighted by atomic mass is 10.2. The quantitative estimate of drug-likeness (QED) is 0.415. The maximum Gasteiger partial charge on any atom is 0.529 e. The van der Waals surface area contributed by atoms with Crippen LogP contribution >= 0.6 is 42.6 Å². The monoisotopic (exact) mass is 466 g/mol. The lowest BCUT2D eigenvalue weighted by molar-refractivity contribution is -0.135. The van der Waals surface area contributed by atoms with Gasteiger partial charge in [0, 0.05) is 18.2 Å². The number of rotatable bonds is 5. The maximum absolute atomic E-state index is 11.9. The smallest absolute Gasteiger partial charge is 0.390 e. The molecule has 0 bridgehead atoms. The van der Waals surface area contributed by atoms with E-state index in [0.29, 0.717) is 0 Å². The minimum absolute atomic E-state index is 0.0664. The molecule has 0 aliphatic carbocycles. The van der Waals surface area contributed by atoms with Gasteiger partial charge in [-0.3, -0.25) is 23.8 Å². The van der Waals surface area contributed by atoms with Gasteiger partial charge in [-0.15, -0.1) is 0 Å². The van der Waals surface area contributed by atoms with Gasteiger partial charge in [-0.05, 0) is 6.92 Å². The number of nitrogens with zero attached hydrogens (tertiary/aromatic N) is 1. The fraction of sp³-hybridized carbons (Fsp3) is 0.583. The number of aromatic amines is 1. The number of hydrogen-bond donors (Lipinski definition) is 3. The molecule has 1 saturated heterocycles. The summed E-state index contributed by atoms with van der Waals surface area (Å²) in [4.78, 5) is 46.1. The van der Waals surface area contributed by atoms with Crippen LogP contribution in [-0.2, 0) is 23.1 Å². The van der Waals surface area contributed by atoms with E-state index in [9.17, 15) is 28.9 Å². The fourth-order valence-corrected chi connectivity index (χ4v) is 3.20. The summed E-state index contributed by atoms with van der Waals surface area (Å²) in [5.41, 5.74) is -1.08. The van der Waals surface area contributed by atoms with Crippen LogP contribution in [0.3, 0.4) is 0 Å². The van der Waals surface area contributed by atoms with Gasteiger partial charge in [0.05, 0.1) is 12.7 Å². The summed E-state index contributed by atoms with van der Waals surface area (Å²) in [6.07, 6.45) is -2.09. The summed E-state index contributed by atoms with van der Waals surface area (Å²) in [5, 5.41) is 10.0. The number of carbonyl (C=O) groups is 1. The Morgan fingerprint density at radius 1 is 1.48 bits per heavy atom. The Bertz CT molecular complexity index is 880. The first-order chi connectivity index (χ1) is 12.3. The van der Waals surface area contributed by atoms with E-state index in [1.54, 1.807) is 0 Å². The fourth-order valence-electron chi connectivity index (χ4n) is 2.19. The number of carbonyl (C=O) groups excluding carboxylic acids is 1. The van der Waals surface area contributed by atoms with E-state index in [2.05, 4.69) is 14.0 Å². The van der Waals surface area contributed by atoms with E-state index in [-0.39, 0.29) is 12.0 Å². The molecular weight excluding hydrogens is 453 g/mol. The van der Waals surface area contributed by atoms with Crippen molar-refractivity contribution in [2.24, 2.45) is 0 Å². The van der Waals surface area contributed by atoms with E-state index >= 15 is 0 Å². The molecule has 2 heterocycles. The molecule has 1 fully saturated rings. The SMILES string of the molecule is Cc1cn([C@H]2C[C@H](O)[C@@H](COP(=O)(O)OC(=O)C(Cl)(Cl)Cl)O2)c(=O)[nH]c1=O. The highest BCUT2D eigenvalue weighted by Gasteiger charge is 2.41. The van der Waals surface area contributed by atoms with Crippen molar-refractivity contribution in [2.45, 2.75) is 35.6 Å². The van der Waals surface area contributed by atoms with E-state index < -0.39 is 53.9 Å². The first-order valence-corrected chi connectivity index (χ1v) is 9.87. The minimum Gasteiger partial charge on any atom is -0.390 e. The first-order valence-electron chi connectivity index (χ1n) is 7.24. The molecule has 0 radical (unpaired) electrons. The third-order valence-electron chi connectivity index (χ3n) is 3.49. The van der Waals surface area contributed by atoms with Crippen LogP contribution in [0.2, 0.25) is 0 Å². The second kappa shape index (κ2) is 8.22. The summed E-state index contributed by atoms with van der Waals surface area (Å²) in [7, 11) is -4.95. The van der Waals surface area contributed by atoms with Crippen molar-refractivity contribution < 1.29 is 33.1 Å². The largest absolute Gasteiger partial charge is 0.529 e. The van der Waals surface area contributed by atoms with Gasteiger partial charge < -0.3 is 14.4 Å². The molecule has 1 aliphatic heterocycles. The van der Waals surface area contributed by atoms with Gasteiger partial charge in [0.1, 0.15) is 12.3 Å². The molecule has 152 valence electrons. The highest BCUT2D eigenvalue weighted by Crippen LogP contribution is 2.47. The van der Waals surface area contributed by atoms with Gasteiger partial charge in [0.25, 0.3) is 9.35 Å². The van der Waals surface area contributed by atoms with Crippen LogP contribution in [0.4, 0.5) is 0 Å². The number of halogens is 3. The number of nitrogens with one attached hydrogen (secondary N) is 1. The predicted molar refractivity (Wildman–Crippen MR) is 92.8 cm³/mol. The van der Waals surface area contributed by atoms with Crippen molar-refractivity contribution >= 4 is 48.6 Å². The Morgan fingerprint density at radius 3 is 2.70 bits per heavy atom. The van der Waals surface area contributed by atoms with Crippen molar-refractivity contribution in [1.82, 2.24) is 9.55 Å². The number of hydrogen-bond acceptors (Lipinski definition) is 8. The first kappa shape index (κ1) is 22.4. The number of aromatic nitrogens is 2. The molecular formula is C12H14Cl3N2O9P. The summed E-state index contributed by atoms with van der Waals surface area (Å²) in [5.74, 6) is -1.63. The van der Waals surface area contributed by atoms with Crippen molar-refractivity contribution in [3.05, 3.63) is 32.6 Å². The lowest BCUT2D eigenvalue weighted by Gasteiger charge is -2.19. The molecule has 1 aromatic rings. The van der Waals surface area contributed by atoms with Crippen LogP contribution < -0.4 is 11.2 Å². The topological polar surface area (TPSA) is 157 Å². The Kier molecular flexibility index (Phi) is 6.81. The van der Waals surface area contributed by atoms with Crippen molar-refractivity contribution in [3.8, 4) is 0 Å². The van der Waals surface area contributed by atoms with Gasteiger partial charge in [-0.25, -0.2) is 14.2 Å². The third-order valence-corrected chi connectivity index (χ3v) is 4.83. The van der Waals surface area contributed by atoms with Crippen LogP contribution in [-0.4, -0.2) is 48.1 Å². The molecule has 2 rings (SSSR count). The Hall–Kier alpha value is -0.910. The zero-order valence-corrected chi connectivity index (χ0v) is 16.7. The highest BCUT2D eigenvalue weighted by molar-refractivity contribution is 7.48. The molecule has 27 heavy (non-hydrogen) atoms. The summed E-state index contributed by atoms with van der Waals surface area (Å²) < 4.78 is 24.2. The average molecular weight is 468 g/mol. The molecule has 0 saturated carbocycles. The van der Waals surface area contributed by atoms with Crippen LogP contribution in [0.15, 0.2) is 15.8 Å². The molecule has 0 amide bonds. The van der Waals surface area contributed by atoms with Crippen LogP contribution in [0.1, 0.15) is 18.2 Å². The summed E-state index contributed by atoms with van der Waals surface area (Å²) in [6.45, 7) is 0.803. The van der Waals surface area contributed by atoms with Gasteiger partial charge in [-0.1, -0.05) is 34.8 Å². The number of aryl methyl sites for hydroxylation is 1. The number of H-pyrrole nitrogens is 1. The van der Waals surface area contributed by atoms with E-state index in [4.69, 9.17) is 39.5 Å². The zero-order valence-electron chi connectivity index (χ0n) is 13.5. The van der Waals surface area contributed by atoms with E-state index in [1.807, 2.05) is 0 Å². The third kappa shape index (κ3) is 5.78. The average Bonchev–Trinajstić information content (AvgIpc) is 2.88. The second-order valence-corrected chi connectivity index (χ2v) is 9.21. The minimum atomic E-state index is -4.95. The number of alkyl halides is 3. The van der Waals surface area contributed by atoms with Gasteiger partial charge in [0.2, 0.25) is 0 Å². The summed E-state index contributed by atoms with van der Waals surface area (Å²) >= 11 is 15.6. The van der Waals surface area contributed by atoms with Crippen molar-refractivity contribution in [1.29, 1.82) is 0 Å². The van der Waals surface area contributed by atoms with Gasteiger partial charge in [-0.2, -0.15) is 0 Å². The van der Waals surface area contributed by atoms with Crippen LogP contribution in [0.25, 0.3) is 0 Å². The molecule has 11 nitrogen and oxygen atoms in total. The van der Waals surface area contributed by atoms with Crippen LogP contribution in [0, 0.1) is 6.92 Å². The Labute approximate surface area is 166 Å². The van der Waals surface area contributed by atoms with Crippen molar-refractivity contribution in [3.63, 3.8) is 0 Å². The second-order valence-electron chi connectivity index (χ2n) is 5.55. The molecule has 4 atom stereocenters. The van der Waals surface area contributed by atoms with Gasteiger partial charge in [0.15, 0.2) is 0 Å². The molecule has 1 aliphatic rings. The maximum atomic E-state index is 11.9. The van der Waals surface area contributed by atoms with E-state index in [0.717, 1.165) is 4.57 Å².